The zero-order valence-corrected chi connectivity index (χ0v) is 11.0. The second kappa shape index (κ2) is 5.71. The number of aryl methyl sites for hydroxylation is 1. The first kappa shape index (κ1) is 13.6. The Morgan fingerprint density at radius 2 is 2.00 bits per heavy atom. The average molecular weight is 235 g/mol. The van der Waals surface area contributed by atoms with Crippen molar-refractivity contribution < 1.29 is 9.53 Å². The lowest BCUT2D eigenvalue weighted by atomic mass is 10.1. The number of rotatable bonds is 4. The molecule has 0 bridgehead atoms. The minimum Gasteiger partial charge on any atom is -0.459 e. The van der Waals surface area contributed by atoms with Crippen LogP contribution < -0.4 is 5.73 Å². The number of ether oxygens (including phenoxy) is 1. The van der Waals surface area contributed by atoms with Crippen LogP contribution in [0, 0.1) is 12.8 Å². The zero-order valence-electron chi connectivity index (χ0n) is 11.0. The van der Waals surface area contributed by atoms with E-state index in [1.165, 1.54) is 0 Å². The summed E-state index contributed by atoms with van der Waals surface area (Å²) < 4.78 is 5.39. The van der Waals surface area contributed by atoms with E-state index in [0.29, 0.717) is 17.2 Å². The van der Waals surface area contributed by atoms with Crippen molar-refractivity contribution in [2.75, 3.05) is 5.73 Å². The van der Waals surface area contributed by atoms with Gasteiger partial charge in [-0.1, -0.05) is 26.0 Å². The highest BCUT2D eigenvalue weighted by atomic mass is 16.5. The highest BCUT2D eigenvalue weighted by molar-refractivity contribution is 5.96. The molecule has 0 aliphatic carbocycles. The van der Waals surface area contributed by atoms with Crippen molar-refractivity contribution in [3.05, 3.63) is 29.3 Å². The zero-order chi connectivity index (χ0) is 13.0. The summed E-state index contributed by atoms with van der Waals surface area (Å²) in [5.41, 5.74) is 7.62. The molecule has 1 aromatic rings. The van der Waals surface area contributed by atoms with Crippen LogP contribution >= 0.6 is 0 Å². The van der Waals surface area contributed by atoms with Crippen molar-refractivity contribution in [1.82, 2.24) is 0 Å². The van der Waals surface area contributed by atoms with Crippen LogP contribution in [0.25, 0.3) is 0 Å². The molecule has 94 valence electrons. The molecule has 1 atom stereocenters. The van der Waals surface area contributed by atoms with Gasteiger partial charge in [0.15, 0.2) is 0 Å². The number of esters is 1. The summed E-state index contributed by atoms with van der Waals surface area (Å²) in [6.07, 6.45) is 0.777. The maximum atomic E-state index is 12.0. The van der Waals surface area contributed by atoms with Crippen LogP contribution in [0.3, 0.4) is 0 Å². The van der Waals surface area contributed by atoms with Gasteiger partial charge in [0.2, 0.25) is 0 Å². The van der Waals surface area contributed by atoms with Crippen molar-refractivity contribution in [2.45, 2.75) is 40.2 Å². The maximum Gasteiger partial charge on any atom is 0.340 e. The van der Waals surface area contributed by atoms with Gasteiger partial charge in [-0.25, -0.2) is 4.79 Å². The molecule has 1 unspecified atom stereocenters. The molecule has 0 aliphatic heterocycles. The summed E-state index contributed by atoms with van der Waals surface area (Å²) in [5, 5.41) is 0. The highest BCUT2D eigenvalue weighted by Crippen LogP contribution is 2.19. The standard InChI is InChI=1S/C14H21NO2/c1-9(2)8-11(4)17-14(16)13-10(3)6-5-7-12(13)15/h5-7,9,11H,8,15H2,1-4H3. The fourth-order valence-electron chi connectivity index (χ4n) is 1.92. The summed E-state index contributed by atoms with van der Waals surface area (Å²) >= 11 is 0. The number of anilines is 1. The lowest BCUT2D eigenvalue weighted by Crippen LogP contribution is -2.18. The third-order valence-corrected chi connectivity index (χ3v) is 2.62. The Bertz CT molecular complexity index is 379. The van der Waals surface area contributed by atoms with E-state index in [1.807, 2.05) is 26.0 Å². The monoisotopic (exact) mass is 235 g/mol. The summed E-state index contributed by atoms with van der Waals surface area (Å²) in [5.74, 6) is 0.181. The Balaban J connectivity index is 2.77. The molecule has 0 aromatic heterocycles. The molecule has 3 heteroatoms. The molecule has 2 N–H and O–H groups in total. The van der Waals surface area contributed by atoms with Crippen molar-refractivity contribution in [1.29, 1.82) is 0 Å². The lowest BCUT2D eigenvalue weighted by Gasteiger charge is -2.16. The number of benzene rings is 1. The van der Waals surface area contributed by atoms with E-state index in [-0.39, 0.29) is 12.1 Å². The number of nitrogen functional groups attached to an aromatic ring is 1. The molecular weight excluding hydrogens is 214 g/mol. The number of hydrogen-bond donors (Lipinski definition) is 1. The van der Waals surface area contributed by atoms with E-state index >= 15 is 0 Å². The Labute approximate surface area is 103 Å². The molecule has 0 saturated heterocycles. The Morgan fingerprint density at radius 1 is 1.35 bits per heavy atom. The molecule has 0 heterocycles. The SMILES string of the molecule is Cc1cccc(N)c1C(=O)OC(C)CC(C)C. The molecule has 1 rings (SSSR count). The van der Waals surface area contributed by atoms with Crippen LogP contribution in [0.5, 0.6) is 0 Å². The predicted octanol–water partition coefficient (Wildman–Crippen LogP) is 3.17. The molecule has 0 amide bonds. The molecule has 0 saturated carbocycles. The van der Waals surface area contributed by atoms with E-state index in [1.54, 1.807) is 6.07 Å². The van der Waals surface area contributed by atoms with Gasteiger partial charge in [0.1, 0.15) is 0 Å². The van der Waals surface area contributed by atoms with Gasteiger partial charge in [-0.3, -0.25) is 0 Å². The Hall–Kier alpha value is -1.51. The Morgan fingerprint density at radius 3 is 2.53 bits per heavy atom. The van der Waals surface area contributed by atoms with Crippen LogP contribution in [-0.2, 0) is 4.74 Å². The van der Waals surface area contributed by atoms with Gasteiger partial charge in [-0.05, 0) is 37.8 Å². The first-order valence-corrected chi connectivity index (χ1v) is 5.98. The average Bonchev–Trinajstić information content (AvgIpc) is 2.15. The number of nitrogens with two attached hydrogens (primary N) is 1. The van der Waals surface area contributed by atoms with E-state index in [0.717, 1.165) is 12.0 Å². The predicted molar refractivity (Wildman–Crippen MR) is 69.9 cm³/mol. The number of carbonyl (C=O) groups is 1. The van der Waals surface area contributed by atoms with Gasteiger partial charge in [0, 0.05) is 5.69 Å². The fraction of sp³-hybridized carbons (Fsp3) is 0.500. The molecule has 17 heavy (non-hydrogen) atoms. The summed E-state index contributed by atoms with van der Waals surface area (Å²) in [6, 6.07) is 5.41. The van der Waals surface area contributed by atoms with Crippen molar-refractivity contribution in [3.63, 3.8) is 0 Å². The van der Waals surface area contributed by atoms with Gasteiger partial charge < -0.3 is 10.5 Å². The third-order valence-electron chi connectivity index (χ3n) is 2.62. The van der Waals surface area contributed by atoms with Crippen molar-refractivity contribution in [2.24, 2.45) is 5.92 Å². The molecule has 0 fully saturated rings. The fourth-order valence-corrected chi connectivity index (χ4v) is 1.92. The first-order valence-electron chi connectivity index (χ1n) is 5.98. The molecular formula is C14H21NO2. The number of hydrogen-bond acceptors (Lipinski definition) is 3. The van der Waals surface area contributed by atoms with Crippen molar-refractivity contribution in [3.8, 4) is 0 Å². The second-order valence-electron chi connectivity index (χ2n) is 4.88. The molecule has 3 nitrogen and oxygen atoms in total. The van der Waals surface area contributed by atoms with Crippen LogP contribution in [0.1, 0.15) is 43.1 Å². The van der Waals surface area contributed by atoms with E-state index in [2.05, 4.69) is 13.8 Å². The Kier molecular flexibility index (Phi) is 4.55. The van der Waals surface area contributed by atoms with Crippen LogP contribution in [0.15, 0.2) is 18.2 Å². The topological polar surface area (TPSA) is 52.3 Å². The van der Waals surface area contributed by atoms with Gasteiger partial charge in [0.05, 0.1) is 11.7 Å². The summed E-state index contributed by atoms with van der Waals surface area (Å²) in [7, 11) is 0. The summed E-state index contributed by atoms with van der Waals surface area (Å²) in [6.45, 7) is 7.98. The normalized spacial score (nSPS) is 12.5. The largest absolute Gasteiger partial charge is 0.459 e. The molecule has 0 radical (unpaired) electrons. The summed E-state index contributed by atoms with van der Waals surface area (Å²) in [4.78, 5) is 12.0. The smallest absolute Gasteiger partial charge is 0.340 e. The molecule has 0 spiro atoms. The lowest BCUT2D eigenvalue weighted by molar-refractivity contribution is 0.0300. The van der Waals surface area contributed by atoms with E-state index in [9.17, 15) is 4.79 Å². The molecule has 0 aliphatic rings. The van der Waals surface area contributed by atoms with Gasteiger partial charge in [0.25, 0.3) is 0 Å². The van der Waals surface area contributed by atoms with Crippen molar-refractivity contribution >= 4 is 11.7 Å². The molecule has 1 aromatic carbocycles. The quantitative estimate of drug-likeness (QED) is 0.644. The minimum atomic E-state index is -0.325. The van der Waals surface area contributed by atoms with E-state index in [4.69, 9.17) is 10.5 Å². The van der Waals surface area contributed by atoms with Crippen LogP contribution in [0.4, 0.5) is 5.69 Å². The van der Waals surface area contributed by atoms with Gasteiger partial charge in [-0.2, -0.15) is 0 Å². The van der Waals surface area contributed by atoms with E-state index < -0.39 is 0 Å². The van der Waals surface area contributed by atoms with Crippen LogP contribution in [-0.4, -0.2) is 12.1 Å². The number of carbonyl (C=O) groups excluding carboxylic acids is 1. The van der Waals surface area contributed by atoms with Crippen LogP contribution in [0.2, 0.25) is 0 Å². The second-order valence-corrected chi connectivity index (χ2v) is 4.88. The van der Waals surface area contributed by atoms with Gasteiger partial charge >= 0.3 is 5.97 Å². The first-order chi connectivity index (χ1) is 7.91. The maximum absolute atomic E-state index is 12.0. The third kappa shape index (κ3) is 3.77. The van der Waals surface area contributed by atoms with Gasteiger partial charge in [-0.15, -0.1) is 0 Å². The minimum absolute atomic E-state index is 0.0819. The highest BCUT2D eigenvalue weighted by Gasteiger charge is 2.17.